The van der Waals surface area contributed by atoms with E-state index in [9.17, 15) is 68.1 Å². The van der Waals surface area contributed by atoms with Crippen molar-refractivity contribution in [3.63, 3.8) is 0 Å². The first-order chi connectivity index (χ1) is 33.4. The molecule has 0 aromatic heterocycles. The van der Waals surface area contributed by atoms with Crippen molar-refractivity contribution in [2.45, 2.75) is 160 Å². The summed E-state index contributed by atoms with van der Waals surface area (Å²) >= 11 is 0. The maximum atomic E-state index is 14.0. The Morgan fingerprint density at radius 1 is 0.486 bits per heavy atom. The fraction of sp³-hybridized carbons (Fsp3) is 0.690. The Hall–Kier alpha value is -7.37. The van der Waals surface area contributed by atoms with E-state index in [1.165, 1.54) is 13.8 Å². The molecule has 0 rings (SSSR count). The van der Waals surface area contributed by atoms with Crippen molar-refractivity contribution in [1.29, 1.82) is 0 Å². The summed E-state index contributed by atoms with van der Waals surface area (Å²) in [5.41, 5.74) is 27.3. The highest BCUT2D eigenvalue weighted by molar-refractivity contribution is 5.98. The number of carbonyl (C=O) groups excluding carboxylic acids is 8. The number of aliphatic imine (C=N–C) groups is 2. The minimum Gasteiger partial charge on any atom is -0.481 e. The van der Waals surface area contributed by atoms with Crippen molar-refractivity contribution >= 4 is 77.1 Å². The lowest BCUT2D eigenvalue weighted by atomic mass is 9.98. The summed E-state index contributed by atoms with van der Waals surface area (Å²) in [7, 11) is 0. The molecule has 0 aliphatic carbocycles. The van der Waals surface area contributed by atoms with Crippen LogP contribution in [0.4, 0.5) is 0 Å². The number of hydrogen-bond donors (Lipinski definition) is 17. The minimum atomic E-state index is -1.73. The van der Waals surface area contributed by atoms with Gasteiger partial charge in [0, 0.05) is 19.5 Å². The van der Waals surface area contributed by atoms with Gasteiger partial charge in [0.05, 0.1) is 18.6 Å². The van der Waals surface area contributed by atoms with Crippen molar-refractivity contribution < 1.29 is 73.2 Å². The maximum absolute atomic E-state index is 14.0. The topological polar surface area (TPSA) is 520 Å². The summed E-state index contributed by atoms with van der Waals surface area (Å²) in [5, 5.41) is 57.5. The third-order valence-electron chi connectivity index (χ3n) is 10.8. The molecule has 30 heteroatoms. The molecule has 0 aromatic carbocycles. The second-order valence-electron chi connectivity index (χ2n) is 17.3. The second kappa shape index (κ2) is 32.5. The highest BCUT2D eigenvalue weighted by Gasteiger charge is 2.36. The van der Waals surface area contributed by atoms with Crippen molar-refractivity contribution in [3.05, 3.63) is 0 Å². The number of hydrogen-bond acceptors (Lipinski definition) is 15. The molecule has 0 saturated carbocycles. The Kier molecular flexibility index (Phi) is 29.2. The second-order valence-corrected chi connectivity index (χ2v) is 17.3. The monoisotopic (exact) mass is 1030 g/mol. The van der Waals surface area contributed by atoms with Crippen LogP contribution in [0.2, 0.25) is 0 Å². The highest BCUT2D eigenvalue weighted by atomic mass is 16.4. The predicted octanol–water partition coefficient (Wildman–Crippen LogP) is -6.15. The van der Waals surface area contributed by atoms with E-state index in [1.807, 2.05) is 0 Å². The third kappa shape index (κ3) is 25.0. The third-order valence-corrected chi connectivity index (χ3v) is 10.8. The number of rotatable bonds is 34. The van der Waals surface area contributed by atoms with Crippen LogP contribution in [0.1, 0.15) is 99.8 Å². The van der Waals surface area contributed by atoms with Crippen molar-refractivity contribution in [1.82, 2.24) is 42.5 Å². The summed E-state index contributed by atoms with van der Waals surface area (Å²) < 4.78 is 0. The van der Waals surface area contributed by atoms with Gasteiger partial charge in [-0.25, -0.2) is 4.79 Å². The van der Waals surface area contributed by atoms with Gasteiger partial charge in [-0.2, -0.15) is 0 Å². The number of amides is 8. The number of guanidine groups is 2. The lowest BCUT2D eigenvalue weighted by Crippen LogP contribution is -2.61. The quantitative estimate of drug-likeness (QED) is 0.0162. The first-order valence-electron chi connectivity index (χ1n) is 23.1. The van der Waals surface area contributed by atoms with Gasteiger partial charge in [0.25, 0.3) is 0 Å². The standard InChI is InChI=1S/C42H75N15O15/c1-8-19(4)30(40(71)72)56-37(68)26(13-14-27(59)60)54-36(67)25(12-10-16-49-42(46)47)53-35(66)24(11-9-15-48-41(44)45)52-32(63)20(5)51-39(70)31(22(7)58)57-33(64)21(6)50-38(69)29(18(2)3)55-34(65)23(43)17-28(61)62/h18-26,29-31,58H,8-17,43H2,1-7H3,(H,50,69)(H,51,70)(H,52,63)(H,53,66)(H,54,67)(H,55,65)(H,56,68)(H,57,64)(H,59,60)(H,61,62)(H,71,72)(H4,44,45,48)(H4,46,47,49)/t19-,20-,21-,22+,23-,24-,25-,26-,29-,30-,31-/m0/s1. The molecule has 11 atom stereocenters. The van der Waals surface area contributed by atoms with Crippen LogP contribution in [0, 0.1) is 11.8 Å². The molecule has 408 valence electrons. The SMILES string of the molecule is CC[C@H](C)[C@H](NC(=O)[C@H](CCC(=O)O)NC(=O)[C@H](CCCN=C(N)N)NC(=O)[C@H](CCCN=C(N)N)NC(=O)[C@H](C)NC(=O)[C@@H](NC(=O)[C@H](C)NC(=O)[C@@H](NC(=O)[C@@H](N)CC(=O)O)C(C)C)[C@@H](C)O)C(=O)O. The van der Waals surface area contributed by atoms with Gasteiger partial charge < -0.3 is 91.6 Å². The van der Waals surface area contributed by atoms with E-state index in [-0.39, 0.29) is 50.7 Å². The van der Waals surface area contributed by atoms with Gasteiger partial charge in [-0.1, -0.05) is 34.1 Å². The predicted molar refractivity (Wildman–Crippen MR) is 257 cm³/mol. The number of carboxylic acids is 3. The first kappa shape index (κ1) is 64.6. The van der Waals surface area contributed by atoms with Crippen LogP contribution in [-0.2, 0) is 52.7 Å². The van der Waals surface area contributed by atoms with Gasteiger partial charge in [-0.05, 0) is 64.7 Å². The van der Waals surface area contributed by atoms with Crippen LogP contribution in [0.25, 0.3) is 0 Å². The summed E-state index contributed by atoms with van der Waals surface area (Å²) in [6.45, 7) is 9.87. The van der Waals surface area contributed by atoms with Crippen molar-refractivity contribution in [2.24, 2.45) is 50.5 Å². The molecule has 22 N–H and O–H groups in total. The number of carbonyl (C=O) groups is 11. The molecule has 0 fully saturated rings. The molecule has 0 unspecified atom stereocenters. The number of carboxylic acid groups (broad SMARTS) is 3. The molecular weight excluding hydrogens is 955 g/mol. The van der Waals surface area contributed by atoms with Crippen LogP contribution < -0.4 is 71.2 Å². The van der Waals surface area contributed by atoms with E-state index in [4.69, 9.17) is 33.8 Å². The molecule has 0 aliphatic rings. The summed E-state index contributed by atoms with van der Waals surface area (Å²) in [4.78, 5) is 149. The number of nitrogens with zero attached hydrogens (tertiary/aromatic N) is 2. The van der Waals surface area contributed by atoms with Crippen LogP contribution in [0.5, 0.6) is 0 Å². The first-order valence-corrected chi connectivity index (χ1v) is 23.1. The Morgan fingerprint density at radius 3 is 1.26 bits per heavy atom. The summed E-state index contributed by atoms with van der Waals surface area (Å²) in [6.07, 6.45) is -3.34. The largest absolute Gasteiger partial charge is 0.481 e. The van der Waals surface area contributed by atoms with Gasteiger partial charge >= 0.3 is 17.9 Å². The minimum absolute atomic E-state index is 0.0343. The van der Waals surface area contributed by atoms with Crippen LogP contribution in [0.15, 0.2) is 9.98 Å². The van der Waals surface area contributed by atoms with Crippen molar-refractivity contribution in [3.8, 4) is 0 Å². The molecule has 0 aliphatic heterocycles. The zero-order chi connectivity index (χ0) is 55.6. The van der Waals surface area contributed by atoms with E-state index in [1.54, 1.807) is 27.7 Å². The highest BCUT2D eigenvalue weighted by Crippen LogP contribution is 2.11. The smallest absolute Gasteiger partial charge is 0.326 e. The van der Waals surface area contributed by atoms with Crippen molar-refractivity contribution in [2.75, 3.05) is 13.1 Å². The average molecular weight is 1030 g/mol. The summed E-state index contributed by atoms with van der Waals surface area (Å²) in [5.74, 6) is -13.6. The molecule has 0 aromatic rings. The molecular formula is C42H75N15O15. The fourth-order valence-corrected chi connectivity index (χ4v) is 6.36. The Labute approximate surface area is 416 Å². The van der Waals surface area contributed by atoms with E-state index in [0.29, 0.717) is 6.42 Å². The van der Waals surface area contributed by atoms with Gasteiger partial charge in [-0.3, -0.25) is 57.9 Å². The number of aliphatic hydroxyl groups excluding tert-OH is 1. The number of nitrogens with one attached hydrogen (secondary N) is 8. The van der Waals surface area contributed by atoms with E-state index >= 15 is 0 Å². The maximum Gasteiger partial charge on any atom is 0.326 e. The van der Waals surface area contributed by atoms with Crippen LogP contribution in [-0.4, -0.2) is 171 Å². The molecule has 72 heavy (non-hydrogen) atoms. The molecule has 30 nitrogen and oxygen atoms in total. The van der Waals surface area contributed by atoms with Gasteiger partial charge in [-0.15, -0.1) is 0 Å². The Bertz CT molecular complexity index is 1960. The normalized spacial score (nSPS) is 15.5. The van der Waals surface area contributed by atoms with Crippen LogP contribution >= 0.6 is 0 Å². The molecule has 0 radical (unpaired) electrons. The van der Waals surface area contributed by atoms with E-state index < -0.39 is 157 Å². The van der Waals surface area contributed by atoms with Gasteiger partial charge in [0.15, 0.2) is 11.9 Å². The number of aliphatic carboxylic acids is 3. The van der Waals surface area contributed by atoms with Crippen LogP contribution in [0.3, 0.4) is 0 Å². The van der Waals surface area contributed by atoms with E-state index in [0.717, 1.165) is 6.92 Å². The lowest BCUT2D eigenvalue weighted by molar-refractivity contribution is -0.144. The molecule has 0 spiro atoms. The molecule has 0 bridgehead atoms. The lowest BCUT2D eigenvalue weighted by Gasteiger charge is -2.28. The molecule has 0 saturated heterocycles. The zero-order valence-electron chi connectivity index (χ0n) is 41.6. The van der Waals surface area contributed by atoms with Gasteiger partial charge in [0.2, 0.25) is 47.3 Å². The number of aliphatic hydroxyl groups is 1. The molecule has 8 amide bonds. The average Bonchev–Trinajstić information content (AvgIpc) is 3.27. The Morgan fingerprint density at radius 2 is 0.875 bits per heavy atom. The zero-order valence-corrected chi connectivity index (χ0v) is 41.6. The van der Waals surface area contributed by atoms with Gasteiger partial charge in [0.1, 0.15) is 48.3 Å². The van der Waals surface area contributed by atoms with E-state index in [2.05, 4.69) is 52.5 Å². The Balaban J connectivity index is 6.47. The summed E-state index contributed by atoms with van der Waals surface area (Å²) in [6, 6.07) is -13.3. The molecule has 0 heterocycles. The fourth-order valence-electron chi connectivity index (χ4n) is 6.36. The number of nitrogens with two attached hydrogens (primary N) is 5.